The van der Waals surface area contributed by atoms with Crippen LogP contribution in [0.5, 0.6) is 0 Å². The number of aromatic nitrogens is 2. The number of aliphatic hydroxyl groups excluding tert-OH is 2. The molecule has 0 aromatic carbocycles. The molecule has 0 aliphatic carbocycles. The molecule has 6 nitrogen and oxygen atoms in total. The Labute approximate surface area is 162 Å². The maximum Gasteiger partial charge on any atom is 0.0639 e. The SMILES string of the molecule is CC(O)CN(CCCN(Cc1ccccn1)CC(C)O)Cc1ccccn1. The molecule has 0 radical (unpaired) electrons. The van der Waals surface area contributed by atoms with Crippen LogP contribution in [0, 0.1) is 0 Å². The Balaban J connectivity index is 1.88. The summed E-state index contributed by atoms with van der Waals surface area (Å²) in [4.78, 5) is 13.2. The van der Waals surface area contributed by atoms with E-state index >= 15 is 0 Å². The molecule has 0 fully saturated rings. The zero-order valence-corrected chi connectivity index (χ0v) is 16.4. The molecule has 2 N–H and O–H groups in total. The summed E-state index contributed by atoms with van der Waals surface area (Å²) in [5.41, 5.74) is 2.01. The van der Waals surface area contributed by atoms with Crippen LogP contribution in [-0.2, 0) is 13.1 Å². The summed E-state index contributed by atoms with van der Waals surface area (Å²) in [6.45, 7) is 8.03. The van der Waals surface area contributed by atoms with Crippen LogP contribution in [0.4, 0.5) is 0 Å². The molecule has 0 aliphatic heterocycles. The third-order valence-corrected chi connectivity index (χ3v) is 4.22. The summed E-state index contributed by atoms with van der Waals surface area (Å²) in [6.07, 6.45) is 3.78. The Morgan fingerprint density at radius 1 is 0.778 bits per heavy atom. The third-order valence-electron chi connectivity index (χ3n) is 4.22. The van der Waals surface area contributed by atoms with Crippen molar-refractivity contribution in [3.63, 3.8) is 0 Å². The number of pyridine rings is 2. The van der Waals surface area contributed by atoms with Crippen molar-refractivity contribution in [3.8, 4) is 0 Å². The first-order chi connectivity index (χ1) is 13.0. The summed E-state index contributed by atoms with van der Waals surface area (Å²) < 4.78 is 0. The van der Waals surface area contributed by atoms with Gasteiger partial charge >= 0.3 is 0 Å². The first-order valence-corrected chi connectivity index (χ1v) is 9.63. The van der Waals surface area contributed by atoms with Crippen LogP contribution in [-0.4, -0.2) is 68.4 Å². The molecule has 2 aromatic rings. The highest BCUT2D eigenvalue weighted by Gasteiger charge is 2.13. The van der Waals surface area contributed by atoms with Crippen molar-refractivity contribution < 1.29 is 10.2 Å². The number of hydrogen-bond acceptors (Lipinski definition) is 6. The van der Waals surface area contributed by atoms with Crippen LogP contribution >= 0.6 is 0 Å². The van der Waals surface area contributed by atoms with E-state index in [1.54, 1.807) is 12.4 Å². The lowest BCUT2D eigenvalue weighted by Gasteiger charge is -2.27. The molecule has 2 heterocycles. The zero-order valence-electron chi connectivity index (χ0n) is 16.4. The molecule has 6 heteroatoms. The van der Waals surface area contributed by atoms with Crippen molar-refractivity contribution in [2.45, 2.75) is 45.6 Å². The van der Waals surface area contributed by atoms with Gasteiger partial charge in [-0.3, -0.25) is 19.8 Å². The molecule has 2 rings (SSSR count). The summed E-state index contributed by atoms with van der Waals surface area (Å²) >= 11 is 0. The number of nitrogens with zero attached hydrogens (tertiary/aromatic N) is 4. The molecule has 0 saturated carbocycles. The van der Waals surface area contributed by atoms with Crippen molar-refractivity contribution in [3.05, 3.63) is 60.2 Å². The van der Waals surface area contributed by atoms with Gasteiger partial charge in [0.1, 0.15) is 0 Å². The van der Waals surface area contributed by atoms with Gasteiger partial charge in [0, 0.05) is 38.6 Å². The largest absolute Gasteiger partial charge is 0.392 e. The molecule has 2 atom stereocenters. The molecule has 2 unspecified atom stereocenters. The number of rotatable bonds is 12. The van der Waals surface area contributed by atoms with Gasteiger partial charge in [-0.15, -0.1) is 0 Å². The summed E-state index contributed by atoms with van der Waals surface area (Å²) in [5, 5.41) is 19.6. The molecule has 148 valence electrons. The molecular weight excluding hydrogens is 340 g/mol. The van der Waals surface area contributed by atoms with Gasteiger partial charge in [0.15, 0.2) is 0 Å². The molecule has 0 amide bonds. The van der Waals surface area contributed by atoms with E-state index < -0.39 is 0 Å². The van der Waals surface area contributed by atoms with Gasteiger partial charge in [0.05, 0.1) is 23.6 Å². The Kier molecular flexibility index (Phi) is 9.35. The van der Waals surface area contributed by atoms with Gasteiger partial charge in [-0.1, -0.05) is 12.1 Å². The normalized spacial score (nSPS) is 13.9. The van der Waals surface area contributed by atoms with Crippen molar-refractivity contribution in [1.29, 1.82) is 0 Å². The fourth-order valence-electron chi connectivity index (χ4n) is 3.18. The van der Waals surface area contributed by atoms with E-state index in [0.29, 0.717) is 13.1 Å². The topological polar surface area (TPSA) is 72.7 Å². The van der Waals surface area contributed by atoms with Crippen LogP contribution in [0.15, 0.2) is 48.8 Å². The maximum atomic E-state index is 9.81. The zero-order chi connectivity index (χ0) is 19.5. The van der Waals surface area contributed by atoms with Crippen molar-refractivity contribution >= 4 is 0 Å². The Bertz CT molecular complexity index is 567. The Morgan fingerprint density at radius 2 is 1.22 bits per heavy atom. The maximum absolute atomic E-state index is 9.81. The highest BCUT2D eigenvalue weighted by Crippen LogP contribution is 2.07. The van der Waals surface area contributed by atoms with Crippen LogP contribution in [0.3, 0.4) is 0 Å². The minimum Gasteiger partial charge on any atom is -0.392 e. The lowest BCUT2D eigenvalue weighted by Crippen LogP contribution is -2.36. The van der Waals surface area contributed by atoms with Crippen molar-refractivity contribution in [1.82, 2.24) is 19.8 Å². The highest BCUT2D eigenvalue weighted by atomic mass is 16.3. The van der Waals surface area contributed by atoms with E-state index in [2.05, 4.69) is 19.8 Å². The van der Waals surface area contributed by atoms with Gasteiger partial charge in [-0.05, 0) is 57.6 Å². The first kappa shape index (κ1) is 21.4. The monoisotopic (exact) mass is 372 g/mol. The second kappa shape index (κ2) is 11.8. The summed E-state index contributed by atoms with van der Waals surface area (Å²) in [7, 11) is 0. The van der Waals surface area contributed by atoms with Gasteiger partial charge in [-0.25, -0.2) is 0 Å². The van der Waals surface area contributed by atoms with E-state index in [4.69, 9.17) is 0 Å². The number of hydrogen-bond donors (Lipinski definition) is 2. The predicted octanol–water partition coefficient (Wildman–Crippen LogP) is 1.93. The van der Waals surface area contributed by atoms with E-state index in [9.17, 15) is 10.2 Å². The molecular formula is C21H32N4O2. The summed E-state index contributed by atoms with van der Waals surface area (Å²) in [6, 6.07) is 11.8. The highest BCUT2D eigenvalue weighted by molar-refractivity contribution is 5.04. The third kappa shape index (κ3) is 9.06. The second-order valence-corrected chi connectivity index (χ2v) is 7.16. The Morgan fingerprint density at radius 3 is 1.56 bits per heavy atom. The smallest absolute Gasteiger partial charge is 0.0639 e. The van der Waals surface area contributed by atoms with E-state index in [1.807, 2.05) is 50.2 Å². The van der Waals surface area contributed by atoms with Crippen LogP contribution < -0.4 is 0 Å². The summed E-state index contributed by atoms with van der Waals surface area (Å²) in [5.74, 6) is 0. The minimum absolute atomic E-state index is 0.379. The molecule has 27 heavy (non-hydrogen) atoms. The standard InChI is InChI=1S/C21H32N4O2/c1-18(26)14-24(16-20-8-3-5-10-22-20)12-7-13-25(15-19(2)27)17-21-9-4-6-11-23-21/h3-6,8-11,18-19,26-27H,7,12-17H2,1-2H3. The lowest BCUT2D eigenvalue weighted by atomic mass is 10.2. The number of aliphatic hydroxyl groups is 2. The molecule has 0 aliphatic rings. The molecule has 0 spiro atoms. The van der Waals surface area contributed by atoms with E-state index in [-0.39, 0.29) is 12.2 Å². The molecule has 2 aromatic heterocycles. The lowest BCUT2D eigenvalue weighted by molar-refractivity contribution is 0.104. The van der Waals surface area contributed by atoms with Crippen LogP contribution in [0.2, 0.25) is 0 Å². The van der Waals surface area contributed by atoms with Crippen LogP contribution in [0.25, 0.3) is 0 Å². The first-order valence-electron chi connectivity index (χ1n) is 9.63. The van der Waals surface area contributed by atoms with E-state index in [0.717, 1.165) is 44.0 Å². The fraction of sp³-hybridized carbons (Fsp3) is 0.524. The van der Waals surface area contributed by atoms with Gasteiger partial charge in [0.2, 0.25) is 0 Å². The molecule has 0 saturated heterocycles. The Hall–Kier alpha value is -1.86. The van der Waals surface area contributed by atoms with Crippen molar-refractivity contribution in [2.24, 2.45) is 0 Å². The average Bonchev–Trinajstić information content (AvgIpc) is 2.62. The van der Waals surface area contributed by atoms with Gasteiger partial charge < -0.3 is 10.2 Å². The van der Waals surface area contributed by atoms with E-state index in [1.165, 1.54) is 0 Å². The fourth-order valence-corrected chi connectivity index (χ4v) is 3.18. The minimum atomic E-state index is -0.379. The van der Waals surface area contributed by atoms with Crippen LogP contribution in [0.1, 0.15) is 31.7 Å². The average molecular weight is 373 g/mol. The molecule has 0 bridgehead atoms. The van der Waals surface area contributed by atoms with Gasteiger partial charge in [0.25, 0.3) is 0 Å². The van der Waals surface area contributed by atoms with Crippen molar-refractivity contribution in [2.75, 3.05) is 26.2 Å². The predicted molar refractivity (Wildman–Crippen MR) is 107 cm³/mol. The quantitative estimate of drug-likeness (QED) is 0.593. The van der Waals surface area contributed by atoms with Gasteiger partial charge in [-0.2, -0.15) is 0 Å². The second-order valence-electron chi connectivity index (χ2n) is 7.16.